The van der Waals surface area contributed by atoms with Gasteiger partial charge in [-0.15, -0.1) is 13.2 Å². The molecule has 172 valence electrons. The van der Waals surface area contributed by atoms with Crippen molar-refractivity contribution in [3.8, 4) is 5.75 Å². The average molecular weight is 450 g/mol. The Hall–Kier alpha value is -3.11. The van der Waals surface area contributed by atoms with E-state index in [-0.39, 0.29) is 24.1 Å². The first-order valence-electron chi connectivity index (χ1n) is 10.1. The molecule has 0 radical (unpaired) electrons. The van der Waals surface area contributed by atoms with Gasteiger partial charge in [-0.1, -0.05) is 12.1 Å². The van der Waals surface area contributed by atoms with Gasteiger partial charge in [0.15, 0.2) is 0 Å². The number of carbonyl (C=O) groups is 2. The smallest absolute Gasteiger partial charge is 0.406 e. The molecule has 2 amide bonds. The average Bonchev–Trinajstić information content (AvgIpc) is 2.71. The van der Waals surface area contributed by atoms with E-state index in [2.05, 4.69) is 25.2 Å². The molecule has 1 saturated heterocycles. The third-order valence-electron chi connectivity index (χ3n) is 4.88. The van der Waals surface area contributed by atoms with E-state index in [1.807, 2.05) is 0 Å². The summed E-state index contributed by atoms with van der Waals surface area (Å²) in [5.74, 6) is -0.513. The van der Waals surface area contributed by atoms with Gasteiger partial charge in [-0.2, -0.15) is 0 Å². The van der Waals surface area contributed by atoms with Crippen molar-refractivity contribution in [2.24, 2.45) is 0 Å². The van der Waals surface area contributed by atoms with Crippen LogP contribution < -0.4 is 15.4 Å². The lowest BCUT2D eigenvalue weighted by molar-refractivity contribution is -0.274. The van der Waals surface area contributed by atoms with Gasteiger partial charge in [0.2, 0.25) is 11.8 Å². The predicted octanol–water partition coefficient (Wildman–Crippen LogP) is 3.30. The summed E-state index contributed by atoms with van der Waals surface area (Å²) in [4.78, 5) is 27.6. The van der Waals surface area contributed by atoms with Gasteiger partial charge < -0.3 is 15.4 Å². The van der Waals surface area contributed by atoms with Crippen LogP contribution in [0.5, 0.6) is 5.75 Å². The summed E-state index contributed by atoms with van der Waals surface area (Å²) in [6.07, 6.45) is -4.69. The molecule has 7 nitrogen and oxygen atoms in total. The molecule has 10 heteroatoms. The minimum atomic E-state index is -4.69. The number of rotatable bonds is 7. The van der Waals surface area contributed by atoms with Gasteiger partial charge in [0.1, 0.15) is 5.75 Å². The molecule has 1 heterocycles. The Kier molecular flexibility index (Phi) is 7.70. The summed E-state index contributed by atoms with van der Waals surface area (Å²) in [6, 6.07) is 12.8. The zero-order valence-electron chi connectivity index (χ0n) is 17.6. The van der Waals surface area contributed by atoms with Crippen molar-refractivity contribution < 1.29 is 27.5 Å². The van der Waals surface area contributed by atoms with E-state index in [0.29, 0.717) is 31.0 Å². The maximum Gasteiger partial charge on any atom is 0.573 e. The van der Waals surface area contributed by atoms with Crippen molar-refractivity contribution in [3.05, 3.63) is 54.1 Å². The molecular weight excluding hydrogens is 425 g/mol. The lowest BCUT2D eigenvalue weighted by Crippen LogP contribution is -2.48. The monoisotopic (exact) mass is 450 g/mol. The van der Waals surface area contributed by atoms with Crippen molar-refractivity contribution in [1.82, 2.24) is 9.80 Å². The van der Waals surface area contributed by atoms with E-state index in [0.717, 1.165) is 18.7 Å². The van der Waals surface area contributed by atoms with Gasteiger partial charge in [-0.3, -0.25) is 19.4 Å². The van der Waals surface area contributed by atoms with E-state index < -0.39 is 6.36 Å². The molecule has 2 aromatic rings. The maximum absolute atomic E-state index is 12.3. The Morgan fingerprint density at radius 2 is 1.41 bits per heavy atom. The SMILES string of the molecule is CC(=O)Nc1ccc(NC(=O)CN2CCN(Cc3ccc(OC(F)(F)F)cc3)CC2)cc1. The fraction of sp³-hybridized carbons (Fsp3) is 0.364. The standard InChI is InChI=1S/C22H25F3N4O3/c1-16(30)26-18-4-6-19(7-5-18)27-21(31)15-29-12-10-28(11-13-29)14-17-2-8-20(9-3-17)32-22(23,24)25/h2-9H,10-15H2,1H3,(H,26,30)(H,27,31). The molecule has 0 atom stereocenters. The van der Waals surface area contributed by atoms with E-state index in [1.54, 1.807) is 36.4 Å². The highest BCUT2D eigenvalue weighted by molar-refractivity contribution is 5.93. The van der Waals surface area contributed by atoms with Gasteiger partial charge in [0.05, 0.1) is 6.54 Å². The van der Waals surface area contributed by atoms with Crippen molar-refractivity contribution >= 4 is 23.2 Å². The lowest BCUT2D eigenvalue weighted by atomic mass is 10.2. The Bertz CT molecular complexity index is 910. The second kappa shape index (κ2) is 10.5. The van der Waals surface area contributed by atoms with Crippen LogP contribution in [0.4, 0.5) is 24.5 Å². The highest BCUT2D eigenvalue weighted by Gasteiger charge is 2.31. The van der Waals surface area contributed by atoms with Gasteiger partial charge in [0.25, 0.3) is 0 Å². The van der Waals surface area contributed by atoms with Crippen LogP contribution >= 0.6 is 0 Å². The molecular formula is C22H25F3N4O3. The van der Waals surface area contributed by atoms with Gasteiger partial charge >= 0.3 is 6.36 Å². The summed E-state index contributed by atoms with van der Waals surface area (Å²) in [6.45, 7) is 5.24. The zero-order valence-corrected chi connectivity index (χ0v) is 17.6. The summed E-state index contributed by atoms with van der Waals surface area (Å²) >= 11 is 0. The molecule has 1 aliphatic rings. The molecule has 1 fully saturated rings. The second-order valence-electron chi connectivity index (χ2n) is 7.55. The fourth-order valence-electron chi connectivity index (χ4n) is 3.40. The molecule has 0 bridgehead atoms. The van der Waals surface area contributed by atoms with Crippen LogP contribution in [0, 0.1) is 0 Å². The fourth-order valence-corrected chi connectivity index (χ4v) is 3.40. The van der Waals surface area contributed by atoms with Crippen LogP contribution in [0.2, 0.25) is 0 Å². The minimum absolute atomic E-state index is 0.119. The highest BCUT2D eigenvalue weighted by atomic mass is 19.4. The number of alkyl halides is 3. The lowest BCUT2D eigenvalue weighted by Gasteiger charge is -2.34. The van der Waals surface area contributed by atoms with Crippen molar-refractivity contribution in [1.29, 1.82) is 0 Å². The quantitative estimate of drug-likeness (QED) is 0.677. The first-order chi connectivity index (χ1) is 15.2. The Morgan fingerprint density at radius 3 is 1.94 bits per heavy atom. The molecule has 1 aliphatic heterocycles. The number of carbonyl (C=O) groups excluding carboxylic acids is 2. The Labute approximate surface area is 184 Å². The largest absolute Gasteiger partial charge is 0.573 e. The van der Waals surface area contributed by atoms with Crippen LogP contribution in [0.25, 0.3) is 0 Å². The normalized spacial score (nSPS) is 15.2. The van der Waals surface area contributed by atoms with Crippen molar-refractivity contribution in [2.45, 2.75) is 19.8 Å². The number of piperazine rings is 1. The number of benzene rings is 2. The summed E-state index contributed by atoms with van der Waals surface area (Å²) in [5, 5.41) is 5.51. The maximum atomic E-state index is 12.3. The minimum Gasteiger partial charge on any atom is -0.406 e. The molecule has 0 saturated carbocycles. The van der Waals surface area contributed by atoms with E-state index in [4.69, 9.17) is 0 Å². The van der Waals surface area contributed by atoms with E-state index >= 15 is 0 Å². The molecule has 3 rings (SSSR count). The third-order valence-corrected chi connectivity index (χ3v) is 4.88. The molecule has 0 unspecified atom stereocenters. The number of hydrogen-bond acceptors (Lipinski definition) is 5. The molecule has 0 aliphatic carbocycles. The Balaban J connectivity index is 1.39. The number of nitrogens with one attached hydrogen (secondary N) is 2. The highest BCUT2D eigenvalue weighted by Crippen LogP contribution is 2.23. The third kappa shape index (κ3) is 7.86. The van der Waals surface area contributed by atoms with Crippen LogP contribution in [-0.4, -0.2) is 60.7 Å². The first-order valence-corrected chi connectivity index (χ1v) is 10.1. The van der Waals surface area contributed by atoms with E-state index in [1.165, 1.54) is 19.1 Å². The number of amides is 2. The van der Waals surface area contributed by atoms with Crippen LogP contribution in [-0.2, 0) is 16.1 Å². The van der Waals surface area contributed by atoms with Crippen LogP contribution in [0.15, 0.2) is 48.5 Å². The molecule has 2 N–H and O–H groups in total. The number of halogens is 3. The summed E-state index contributed by atoms with van der Waals surface area (Å²) < 4.78 is 40.6. The number of hydrogen-bond donors (Lipinski definition) is 2. The van der Waals surface area contributed by atoms with E-state index in [9.17, 15) is 22.8 Å². The molecule has 32 heavy (non-hydrogen) atoms. The number of anilines is 2. The topological polar surface area (TPSA) is 73.9 Å². The van der Waals surface area contributed by atoms with Gasteiger partial charge in [-0.25, -0.2) is 0 Å². The number of nitrogens with zero attached hydrogens (tertiary/aromatic N) is 2. The van der Waals surface area contributed by atoms with Crippen molar-refractivity contribution in [3.63, 3.8) is 0 Å². The van der Waals surface area contributed by atoms with Crippen LogP contribution in [0.3, 0.4) is 0 Å². The summed E-state index contributed by atoms with van der Waals surface area (Å²) in [7, 11) is 0. The van der Waals surface area contributed by atoms with Gasteiger partial charge in [-0.05, 0) is 42.0 Å². The molecule has 0 spiro atoms. The van der Waals surface area contributed by atoms with Gasteiger partial charge in [0, 0.05) is 51.0 Å². The zero-order chi connectivity index (χ0) is 23.1. The predicted molar refractivity (Wildman–Crippen MR) is 114 cm³/mol. The van der Waals surface area contributed by atoms with Crippen LogP contribution in [0.1, 0.15) is 12.5 Å². The second-order valence-corrected chi connectivity index (χ2v) is 7.55. The van der Waals surface area contributed by atoms with Crippen molar-refractivity contribution in [2.75, 3.05) is 43.4 Å². The molecule has 0 aromatic heterocycles. The Morgan fingerprint density at radius 1 is 0.875 bits per heavy atom. The summed E-state index contributed by atoms with van der Waals surface area (Å²) in [5.41, 5.74) is 2.21. The number of ether oxygens (including phenoxy) is 1. The first kappa shape index (κ1) is 23.6. The molecule has 2 aromatic carbocycles.